The van der Waals surface area contributed by atoms with Crippen LogP contribution in [-0.2, 0) is 10.3 Å². The first-order valence-electron chi connectivity index (χ1n) is 5.48. The first kappa shape index (κ1) is 13.2. The summed E-state index contributed by atoms with van der Waals surface area (Å²) in [5.41, 5.74) is -0.602. The highest BCUT2D eigenvalue weighted by atomic mass is 16.5. The van der Waals surface area contributed by atoms with E-state index in [2.05, 4.69) is 0 Å². The minimum Gasteiger partial charge on any atom is -0.462 e. The van der Waals surface area contributed by atoms with Gasteiger partial charge >= 0.3 is 5.97 Å². The van der Waals surface area contributed by atoms with Crippen molar-refractivity contribution in [3.05, 3.63) is 35.4 Å². The molecule has 1 unspecified atom stereocenters. The lowest BCUT2D eigenvalue weighted by atomic mass is 9.92. The zero-order valence-corrected chi connectivity index (χ0v) is 9.93. The Kier molecular flexibility index (Phi) is 4.24. The lowest BCUT2D eigenvalue weighted by Gasteiger charge is -2.18. The Bertz CT molecular complexity index is 433. The fourth-order valence-corrected chi connectivity index (χ4v) is 1.44. The number of carbonyl (C=O) groups is 1. The number of benzene rings is 1. The Labute approximate surface area is 100 Å². The molecule has 1 atom stereocenters. The van der Waals surface area contributed by atoms with Gasteiger partial charge in [0.2, 0.25) is 0 Å². The number of aliphatic hydroxyl groups is 1. The van der Waals surface area contributed by atoms with Gasteiger partial charge in [-0.15, -0.1) is 0 Å². The summed E-state index contributed by atoms with van der Waals surface area (Å²) in [5.74, 6) is -0.406. The molecule has 0 aliphatic rings. The SMILES string of the molecule is CCOC(=O)c1ccc(C(O)(C#N)CC)cc1. The van der Waals surface area contributed by atoms with E-state index in [0.717, 1.165) is 0 Å². The lowest BCUT2D eigenvalue weighted by molar-refractivity contribution is 0.0525. The quantitative estimate of drug-likeness (QED) is 0.637. The van der Waals surface area contributed by atoms with Crippen LogP contribution in [0.1, 0.15) is 36.2 Å². The third kappa shape index (κ3) is 2.83. The minimum atomic E-state index is -1.49. The van der Waals surface area contributed by atoms with Gasteiger partial charge in [-0.05, 0) is 31.0 Å². The smallest absolute Gasteiger partial charge is 0.338 e. The molecule has 90 valence electrons. The molecule has 0 fully saturated rings. The number of ether oxygens (including phenoxy) is 1. The molecule has 4 nitrogen and oxygen atoms in total. The van der Waals surface area contributed by atoms with E-state index in [1.165, 1.54) is 0 Å². The Morgan fingerprint density at radius 1 is 1.41 bits per heavy atom. The molecule has 0 aromatic heterocycles. The predicted octanol–water partition coefficient (Wildman–Crippen LogP) is 1.98. The number of nitriles is 1. The fourth-order valence-electron chi connectivity index (χ4n) is 1.44. The zero-order chi connectivity index (χ0) is 12.9. The van der Waals surface area contributed by atoms with Crippen molar-refractivity contribution in [1.82, 2.24) is 0 Å². The average Bonchev–Trinajstić information content (AvgIpc) is 2.38. The third-order valence-corrected chi connectivity index (χ3v) is 2.57. The first-order valence-corrected chi connectivity index (χ1v) is 5.48. The van der Waals surface area contributed by atoms with Crippen molar-refractivity contribution >= 4 is 5.97 Å². The van der Waals surface area contributed by atoms with Gasteiger partial charge in [0.15, 0.2) is 5.60 Å². The van der Waals surface area contributed by atoms with E-state index in [-0.39, 0.29) is 0 Å². The fraction of sp³-hybridized carbons (Fsp3) is 0.385. The summed E-state index contributed by atoms with van der Waals surface area (Å²) in [7, 11) is 0. The van der Waals surface area contributed by atoms with Crippen molar-refractivity contribution in [3.8, 4) is 6.07 Å². The Balaban J connectivity index is 2.96. The van der Waals surface area contributed by atoms with Gasteiger partial charge in [0.05, 0.1) is 12.2 Å². The van der Waals surface area contributed by atoms with Crippen LogP contribution in [-0.4, -0.2) is 17.7 Å². The van der Waals surface area contributed by atoms with Crippen molar-refractivity contribution in [1.29, 1.82) is 5.26 Å². The van der Waals surface area contributed by atoms with E-state index < -0.39 is 11.6 Å². The third-order valence-electron chi connectivity index (χ3n) is 2.57. The molecule has 1 aromatic carbocycles. The molecule has 0 aliphatic heterocycles. The molecule has 0 amide bonds. The molecule has 0 saturated heterocycles. The summed E-state index contributed by atoms with van der Waals surface area (Å²) in [5, 5.41) is 18.9. The topological polar surface area (TPSA) is 70.3 Å². The Hall–Kier alpha value is -1.86. The molecule has 0 radical (unpaired) electrons. The average molecular weight is 233 g/mol. The molecule has 1 N–H and O–H groups in total. The second kappa shape index (κ2) is 5.46. The van der Waals surface area contributed by atoms with Gasteiger partial charge in [0.25, 0.3) is 0 Å². The van der Waals surface area contributed by atoms with E-state index in [9.17, 15) is 9.90 Å². The number of rotatable bonds is 4. The van der Waals surface area contributed by atoms with E-state index in [1.807, 2.05) is 6.07 Å². The number of hydrogen-bond acceptors (Lipinski definition) is 4. The van der Waals surface area contributed by atoms with Gasteiger partial charge in [-0.3, -0.25) is 0 Å². The maximum absolute atomic E-state index is 11.4. The normalized spacial score (nSPS) is 13.5. The van der Waals surface area contributed by atoms with Gasteiger partial charge in [-0.1, -0.05) is 19.1 Å². The van der Waals surface area contributed by atoms with Crippen molar-refractivity contribution in [2.24, 2.45) is 0 Å². The van der Waals surface area contributed by atoms with Crippen LogP contribution in [0.4, 0.5) is 0 Å². The van der Waals surface area contributed by atoms with Gasteiger partial charge in [0, 0.05) is 0 Å². The van der Waals surface area contributed by atoms with Crippen molar-refractivity contribution in [2.75, 3.05) is 6.61 Å². The minimum absolute atomic E-state index is 0.294. The predicted molar refractivity (Wildman–Crippen MR) is 62.2 cm³/mol. The van der Waals surface area contributed by atoms with E-state index in [0.29, 0.717) is 24.2 Å². The van der Waals surface area contributed by atoms with Crippen LogP contribution in [0.2, 0.25) is 0 Å². The highest BCUT2D eigenvalue weighted by Gasteiger charge is 2.26. The van der Waals surface area contributed by atoms with Crippen LogP contribution in [0.15, 0.2) is 24.3 Å². The van der Waals surface area contributed by atoms with Crippen molar-refractivity contribution in [3.63, 3.8) is 0 Å². The molecule has 0 bridgehead atoms. The zero-order valence-electron chi connectivity index (χ0n) is 9.93. The summed E-state index contributed by atoms with van der Waals surface area (Å²) >= 11 is 0. The molecule has 1 aromatic rings. The standard InChI is InChI=1S/C13H15NO3/c1-3-13(16,9-14)11-7-5-10(6-8-11)12(15)17-4-2/h5-8,16H,3-4H2,1-2H3. The number of carbonyl (C=O) groups excluding carboxylic acids is 1. The van der Waals surface area contributed by atoms with E-state index >= 15 is 0 Å². The second-order valence-corrected chi connectivity index (χ2v) is 3.62. The van der Waals surface area contributed by atoms with Gasteiger partial charge < -0.3 is 9.84 Å². The number of esters is 1. The molecule has 0 heterocycles. The Morgan fingerprint density at radius 2 is 2.00 bits per heavy atom. The van der Waals surface area contributed by atoms with Crippen LogP contribution in [0.3, 0.4) is 0 Å². The first-order chi connectivity index (χ1) is 8.07. The molecule has 0 saturated carbocycles. The number of nitrogens with zero attached hydrogens (tertiary/aromatic N) is 1. The van der Waals surface area contributed by atoms with Gasteiger partial charge in [0.1, 0.15) is 6.07 Å². The lowest BCUT2D eigenvalue weighted by Crippen LogP contribution is -2.22. The van der Waals surface area contributed by atoms with Crippen molar-refractivity contribution < 1.29 is 14.6 Å². The Morgan fingerprint density at radius 3 is 2.41 bits per heavy atom. The summed E-state index contributed by atoms with van der Waals surface area (Å²) in [6.45, 7) is 3.78. The molecule has 0 aliphatic carbocycles. The molecule has 17 heavy (non-hydrogen) atoms. The van der Waals surface area contributed by atoms with Gasteiger partial charge in [-0.2, -0.15) is 5.26 Å². The van der Waals surface area contributed by atoms with Crippen molar-refractivity contribution in [2.45, 2.75) is 25.9 Å². The summed E-state index contributed by atoms with van der Waals surface area (Å²) in [6, 6.07) is 8.09. The summed E-state index contributed by atoms with van der Waals surface area (Å²) in [6.07, 6.45) is 0.294. The monoisotopic (exact) mass is 233 g/mol. The van der Waals surface area contributed by atoms with Gasteiger partial charge in [-0.25, -0.2) is 4.79 Å². The molecule has 4 heteroatoms. The van der Waals surface area contributed by atoms with Crippen LogP contribution in [0, 0.1) is 11.3 Å². The highest BCUT2D eigenvalue weighted by Crippen LogP contribution is 2.24. The largest absolute Gasteiger partial charge is 0.462 e. The molecular formula is C13H15NO3. The van der Waals surface area contributed by atoms with Crippen LogP contribution in [0.5, 0.6) is 0 Å². The summed E-state index contributed by atoms with van der Waals surface area (Å²) < 4.78 is 4.84. The van der Waals surface area contributed by atoms with E-state index in [4.69, 9.17) is 10.00 Å². The molecule has 0 spiro atoms. The maximum Gasteiger partial charge on any atom is 0.338 e. The number of hydrogen-bond donors (Lipinski definition) is 1. The second-order valence-electron chi connectivity index (χ2n) is 3.62. The summed E-state index contributed by atoms with van der Waals surface area (Å²) in [4.78, 5) is 11.4. The van der Waals surface area contributed by atoms with Crippen LogP contribution in [0.25, 0.3) is 0 Å². The maximum atomic E-state index is 11.4. The van der Waals surface area contributed by atoms with E-state index in [1.54, 1.807) is 38.1 Å². The highest BCUT2D eigenvalue weighted by molar-refractivity contribution is 5.89. The molecular weight excluding hydrogens is 218 g/mol. The molecule has 1 rings (SSSR count). The van der Waals surface area contributed by atoms with Crippen LogP contribution < -0.4 is 0 Å². The van der Waals surface area contributed by atoms with Crippen LogP contribution >= 0.6 is 0 Å².